The van der Waals surface area contributed by atoms with Crippen LogP contribution < -0.4 is 5.32 Å². The van der Waals surface area contributed by atoms with Crippen molar-refractivity contribution in [1.82, 2.24) is 14.5 Å². The van der Waals surface area contributed by atoms with Gasteiger partial charge in [0.15, 0.2) is 5.65 Å². The van der Waals surface area contributed by atoms with Crippen molar-refractivity contribution < 1.29 is 18.0 Å². The molecule has 0 saturated heterocycles. The van der Waals surface area contributed by atoms with E-state index in [0.717, 1.165) is 17.3 Å². The summed E-state index contributed by atoms with van der Waals surface area (Å²) < 4.78 is 42.6. The Morgan fingerprint density at radius 2 is 1.89 bits per heavy atom. The van der Waals surface area contributed by atoms with E-state index in [1.165, 1.54) is 18.3 Å². The van der Waals surface area contributed by atoms with Crippen molar-refractivity contribution in [3.8, 4) is 5.69 Å². The zero-order valence-electron chi connectivity index (χ0n) is 19.1. The molecule has 0 aliphatic carbocycles. The summed E-state index contributed by atoms with van der Waals surface area (Å²) in [6.07, 6.45) is 1.88. The Balaban J connectivity index is 1.47. The number of aryl methyl sites for hydroxylation is 1. The number of alkyl halides is 3. The molecule has 0 aliphatic rings. The first-order valence-corrected chi connectivity index (χ1v) is 11.7. The molecule has 186 valence electrons. The lowest BCUT2D eigenvalue weighted by molar-refractivity contribution is -0.138. The first kappa shape index (κ1) is 25.4. The van der Waals surface area contributed by atoms with Crippen LogP contribution in [-0.2, 0) is 23.8 Å². The molecular formula is C26H23ClF3N5O. The molecule has 2 N–H and O–H groups in total. The minimum Gasteiger partial charge on any atom is -0.326 e. The summed E-state index contributed by atoms with van der Waals surface area (Å²) in [4.78, 5) is 21.2. The molecule has 0 aliphatic heterocycles. The second-order valence-corrected chi connectivity index (χ2v) is 8.69. The molecule has 0 fully saturated rings. The molecule has 4 rings (SSSR count). The van der Waals surface area contributed by atoms with E-state index in [2.05, 4.69) is 15.3 Å². The van der Waals surface area contributed by atoms with Crippen molar-refractivity contribution in [1.29, 1.82) is 5.41 Å². The summed E-state index contributed by atoms with van der Waals surface area (Å²) in [5, 5.41) is 9.92. The van der Waals surface area contributed by atoms with Gasteiger partial charge in [0.1, 0.15) is 11.8 Å². The van der Waals surface area contributed by atoms with Crippen LogP contribution in [0.4, 0.5) is 18.9 Å². The molecule has 0 radical (unpaired) electrons. The van der Waals surface area contributed by atoms with Gasteiger partial charge in [-0.1, -0.05) is 23.7 Å². The van der Waals surface area contributed by atoms with Gasteiger partial charge in [0.05, 0.1) is 17.7 Å². The summed E-state index contributed by atoms with van der Waals surface area (Å²) in [5.74, 6) is -0.480. The SMILES string of the molecule is N=CCCCCc1ccc(NC(=O)Cc2ccc(-n3cnc4cccnc43)cc2Cl)cc1C(F)(F)F. The van der Waals surface area contributed by atoms with E-state index in [-0.39, 0.29) is 24.1 Å². The zero-order valence-corrected chi connectivity index (χ0v) is 19.9. The highest BCUT2D eigenvalue weighted by molar-refractivity contribution is 6.31. The number of imidazole rings is 1. The lowest BCUT2D eigenvalue weighted by Crippen LogP contribution is -2.16. The Morgan fingerprint density at radius 3 is 2.64 bits per heavy atom. The normalized spacial score (nSPS) is 11.6. The first-order chi connectivity index (χ1) is 17.3. The van der Waals surface area contributed by atoms with Gasteiger partial charge in [-0.3, -0.25) is 9.36 Å². The third-order valence-electron chi connectivity index (χ3n) is 5.72. The van der Waals surface area contributed by atoms with Crippen molar-refractivity contribution in [3.63, 3.8) is 0 Å². The number of carbonyl (C=O) groups excluding carboxylic acids is 1. The van der Waals surface area contributed by atoms with E-state index in [1.807, 2.05) is 6.07 Å². The predicted octanol–water partition coefficient (Wildman–Crippen LogP) is 6.64. The van der Waals surface area contributed by atoms with Crippen molar-refractivity contribution in [2.24, 2.45) is 0 Å². The summed E-state index contributed by atoms with van der Waals surface area (Å²) in [6, 6.07) is 12.6. The number of amides is 1. The number of unbranched alkanes of at least 4 members (excludes halogenated alkanes) is 2. The second-order valence-electron chi connectivity index (χ2n) is 8.28. The number of aromatic nitrogens is 3. The van der Waals surface area contributed by atoms with Gasteiger partial charge in [-0.05, 0) is 79.4 Å². The van der Waals surface area contributed by atoms with Gasteiger partial charge in [-0.25, -0.2) is 9.97 Å². The lowest BCUT2D eigenvalue weighted by atomic mass is 10.00. The fraction of sp³-hybridized carbons (Fsp3) is 0.231. The average Bonchev–Trinajstić information content (AvgIpc) is 3.27. The van der Waals surface area contributed by atoms with Gasteiger partial charge in [0.25, 0.3) is 0 Å². The number of hydrogen-bond acceptors (Lipinski definition) is 4. The molecule has 2 heterocycles. The number of hydrogen-bond donors (Lipinski definition) is 2. The maximum atomic E-state index is 13.6. The first-order valence-electron chi connectivity index (χ1n) is 11.3. The zero-order chi connectivity index (χ0) is 25.7. The van der Waals surface area contributed by atoms with E-state index < -0.39 is 17.6 Å². The van der Waals surface area contributed by atoms with Crippen LogP contribution in [0.1, 0.15) is 36.0 Å². The van der Waals surface area contributed by atoms with Crippen LogP contribution in [0, 0.1) is 5.41 Å². The largest absolute Gasteiger partial charge is 0.416 e. The Hall–Kier alpha value is -3.72. The Bertz CT molecular complexity index is 1400. The maximum absolute atomic E-state index is 13.6. The van der Waals surface area contributed by atoms with Gasteiger partial charge < -0.3 is 10.7 Å². The van der Waals surface area contributed by atoms with E-state index in [4.69, 9.17) is 17.0 Å². The van der Waals surface area contributed by atoms with Crippen molar-refractivity contribution >= 4 is 40.6 Å². The average molecular weight is 514 g/mol. The minimum absolute atomic E-state index is 0.0688. The van der Waals surface area contributed by atoms with Crippen LogP contribution >= 0.6 is 11.6 Å². The Kier molecular flexibility index (Phi) is 7.69. The Labute approximate surface area is 210 Å². The molecule has 0 spiro atoms. The topological polar surface area (TPSA) is 83.7 Å². The summed E-state index contributed by atoms with van der Waals surface area (Å²) in [7, 11) is 0. The third-order valence-corrected chi connectivity index (χ3v) is 6.07. The number of anilines is 1. The van der Waals surface area contributed by atoms with Crippen LogP contribution in [0.5, 0.6) is 0 Å². The molecule has 36 heavy (non-hydrogen) atoms. The standard InChI is InChI=1S/C26H23ClF3N5O/c27-22-15-20(35-16-33-23-6-4-12-32-25(23)35)10-8-18(22)13-24(36)34-19-9-7-17(5-2-1-3-11-31)21(14-19)26(28,29)30/h4,6-12,14-16,31H,1-3,5,13H2,(H,34,36). The van der Waals surface area contributed by atoms with Crippen LogP contribution in [0.2, 0.25) is 5.02 Å². The minimum atomic E-state index is -4.54. The molecule has 6 nitrogen and oxygen atoms in total. The quantitative estimate of drug-likeness (QED) is 0.194. The third kappa shape index (κ3) is 5.91. The number of pyridine rings is 1. The summed E-state index contributed by atoms with van der Waals surface area (Å²) >= 11 is 6.42. The highest BCUT2D eigenvalue weighted by Crippen LogP contribution is 2.35. The van der Waals surface area contributed by atoms with Crippen molar-refractivity contribution in [3.05, 3.63) is 82.8 Å². The van der Waals surface area contributed by atoms with Crippen LogP contribution in [0.25, 0.3) is 16.9 Å². The lowest BCUT2D eigenvalue weighted by Gasteiger charge is -2.15. The molecule has 1 amide bonds. The predicted molar refractivity (Wildman–Crippen MR) is 134 cm³/mol. The molecule has 4 aromatic rings. The van der Waals surface area contributed by atoms with Crippen LogP contribution in [0.15, 0.2) is 61.1 Å². The number of nitrogens with zero attached hydrogens (tertiary/aromatic N) is 3. The molecule has 0 bridgehead atoms. The van der Waals surface area contributed by atoms with E-state index in [9.17, 15) is 18.0 Å². The van der Waals surface area contributed by atoms with Crippen LogP contribution in [0.3, 0.4) is 0 Å². The van der Waals surface area contributed by atoms with Gasteiger partial charge in [0, 0.05) is 16.9 Å². The van der Waals surface area contributed by atoms with Gasteiger partial charge in [-0.2, -0.15) is 13.2 Å². The fourth-order valence-corrected chi connectivity index (χ4v) is 4.19. The fourth-order valence-electron chi connectivity index (χ4n) is 3.94. The molecular weight excluding hydrogens is 491 g/mol. The van der Waals surface area contributed by atoms with E-state index in [1.54, 1.807) is 41.4 Å². The maximum Gasteiger partial charge on any atom is 0.416 e. The molecule has 2 aromatic heterocycles. The molecule has 0 atom stereocenters. The smallest absolute Gasteiger partial charge is 0.326 e. The Morgan fingerprint density at radius 1 is 1.08 bits per heavy atom. The molecule has 0 unspecified atom stereocenters. The van der Waals surface area contributed by atoms with Gasteiger partial charge in [0.2, 0.25) is 5.91 Å². The van der Waals surface area contributed by atoms with Gasteiger partial charge >= 0.3 is 6.18 Å². The second kappa shape index (κ2) is 10.9. The monoisotopic (exact) mass is 513 g/mol. The number of fused-ring (bicyclic) bond motifs is 1. The summed E-state index contributed by atoms with van der Waals surface area (Å²) in [6.45, 7) is 0. The highest BCUT2D eigenvalue weighted by Gasteiger charge is 2.33. The highest BCUT2D eigenvalue weighted by atomic mass is 35.5. The number of nitrogens with one attached hydrogen (secondary N) is 2. The van der Waals surface area contributed by atoms with E-state index in [0.29, 0.717) is 35.5 Å². The number of benzene rings is 2. The van der Waals surface area contributed by atoms with Crippen LogP contribution in [-0.4, -0.2) is 26.7 Å². The number of halogens is 4. The van der Waals surface area contributed by atoms with Gasteiger partial charge in [-0.15, -0.1) is 0 Å². The molecule has 0 saturated carbocycles. The summed E-state index contributed by atoms with van der Waals surface area (Å²) in [5.41, 5.74) is 2.12. The van der Waals surface area contributed by atoms with Crippen molar-refractivity contribution in [2.45, 2.75) is 38.3 Å². The molecule has 2 aromatic carbocycles. The van der Waals surface area contributed by atoms with E-state index >= 15 is 0 Å². The number of carbonyl (C=O) groups is 1. The molecule has 10 heteroatoms. The van der Waals surface area contributed by atoms with Crippen molar-refractivity contribution in [2.75, 3.05) is 5.32 Å². The number of rotatable bonds is 9.